The van der Waals surface area contributed by atoms with E-state index in [4.69, 9.17) is 0 Å². The second-order valence-electron chi connectivity index (χ2n) is 5.07. The number of hydrogen-bond donors (Lipinski definition) is 1. The minimum Gasteiger partial charge on any atom is -0.469 e. The number of nitrogens with one attached hydrogen (secondary N) is 1. The van der Waals surface area contributed by atoms with Crippen LogP contribution in [0, 0.1) is 11.6 Å². The first-order valence-corrected chi connectivity index (χ1v) is 7.08. The van der Waals surface area contributed by atoms with Gasteiger partial charge < -0.3 is 15.0 Å². The molecule has 0 radical (unpaired) electrons. The molecule has 0 aliphatic carbocycles. The largest absolute Gasteiger partial charge is 0.469 e. The number of methoxy groups -OCH3 is 1. The van der Waals surface area contributed by atoms with Crippen molar-refractivity contribution in [2.24, 2.45) is 0 Å². The molecule has 0 fully saturated rings. The molecule has 2 rings (SSSR count). The molecule has 0 saturated heterocycles. The molecule has 1 aliphatic rings. The number of benzene rings is 1. The minimum absolute atomic E-state index is 0.0434. The molecule has 1 heterocycles. The highest BCUT2D eigenvalue weighted by molar-refractivity contribution is 5.74. The third-order valence-corrected chi connectivity index (χ3v) is 3.65. The van der Waals surface area contributed by atoms with Crippen LogP contribution < -0.4 is 5.32 Å². The summed E-state index contributed by atoms with van der Waals surface area (Å²) in [6.07, 6.45) is 0.972. The Morgan fingerprint density at radius 3 is 2.64 bits per heavy atom. The maximum atomic E-state index is 13.7. The van der Waals surface area contributed by atoms with E-state index in [1.54, 1.807) is 0 Å². The van der Waals surface area contributed by atoms with Crippen LogP contribution in [0.3, 0.4) is 0 Å². The number of halogens is 2. The standard InChI is InChI=1S/C15H18F2N2O3/c1-22-14(20)3-2-7-18-15(21)19-8-6-10-11(9-19)13(17)5-4-12(10)16/h4-5H,2-3,6-9H2,1H3,(H,18,21). The molecule has 0 bridgehead atoms. The number of carbonyl (C=O) groups is 2. The maximum absolute atomic E-state index is 13.7. The van der Waals surface area contributed by atoms with E-state index >= 15 is 0 Å². The summed E-state index contributed by atoms with van der Waals surface area (Å²) in [5.74, 6) is -1.27. The summed E-state index contributed by atoms with van der Waals surface area (Å²) in [6, 6.07) is 1.84. The van der Waals surface area contributed by atoms with E-state index in [-0.39, 0.29) is 37.0 Å². The van der Waals surface area contributed by atoms with Gasteiger partial charge in [-0.05, 0) is 30.5 Å². The Balaban J connectivity index is 1.88. The number of nitrogens with zero attached hydrogens (tertiary/aromatic N) is 1. The molecule has 5 nitrogen and oxygen atoms in total. The average Bonchev–Trinajstić information content (AvgIpc) is 2.54. The van der Waals surface area contributed by atoms with Gasteiger partial charge in [-0.1, -0.05) is 0 Å². The van der Waals surface area contributed by atoms with Gasteiger partial charge in [0, 0.05) is 25.1 Å². The van der Waals surface area contributed by atoms with Crippen molar-refractivity contribution in [3.05, 3.63) is 34.9 Å². The number of rotatable bonds is 4. The highest BCUT2D eigenvalue weighted by Crippen LogP contribution is 2.24. The fraction of sp³-hybridized carbons (Fsp3) is 0.467. The summed E-state index contributed by atoms with van der Waals surface area (Å²) in [4.78, 5) is 24.4. The Kier molecular flexibility index (Phi) is 5.30. The van der Waals surface area contributed by atoms with Crippen LogP contribution in [0.1, 0.15) is 24.0 Å². The molecule has 0 spiro atoms. The smallest absolute Gasteiger partial charge is 0.317 e. The van der Waals surface area contributed by atoms with Crippen LogP contribution in [0.15, 0.2) is 12.1 Å². The zero-order valence-electron chi connectivity index (χ0n) is 12.3. The lowest BCUT2D eigenvalue weighted by molar-refractivity contribution is -0.140. The Hall–Kier alpha value is -2.18. The van der Waals surface area contributed by atoms with Crippen molar-refractivity contribution in [2.75, 3.05) is 20.2 Å². The average molecular weight is 312 g/mol. The van der Waals surface area contributed by atoms with Gasteiger partial charge in [0.2, 0.25) is 0 Å². The van der Waals surface area contributed by atoms with Gasteiger partial charge in [0.05, 0.1) is 13.7 Å². The van der Waals surface area contributed by atoms with E-state index in [1.807, 2.05) is 0 Å². The number of fused-ring (bicyclic) bond motifs is 1. The van der Waals surface area contributed by atoms with Crippen molar-refractivity contribution in [3.63, 3.8) is 0 Å². The van der Waals surface area contributed by atoms with Gasteiger partial charge >= 0.3 is 12.0 Å². The molecule has 22 heavy (non-hydrogen) atoms. The number of hydrogen-bond acceptors (Lipinski definition) is 3. The third kappa shape index (κ3) is 3.72. The van der Waals surface area contributed by atoms with Gasteiger partial charge in [0.25, 0.3) is 0 Å². The van der Waals surface area contributed by atoms with Crippen LogP contribution in [0.5, 0.6) is 0 Å². The molecular formula is C15H18F2N2O3. The van der Waals surface area contributed by atoms with Crippen molar-refractivity contribution in [3.8, 4) is 0 Å². The Morgan fingerprint density at radius 1 is 1.27 bits per heavy atom. The van der Waals surface area contributed by atoms with E-state index in [0.29, 0.717) is 25.1 Å². The predicted molar refractivity (Wildman–Crippen MR) is 75.1 cm³/mol. The fourth-order valence-corrected chi connectivity index (χ4v) is 2.41. The van der Waals surface area contributed by atoms with Crippen LogP contribution in [0.2, 0.25) is 0 Å². The lowest BCUT2D eigenvalue weighted by Gasteiger charge is -2.29. The summed E-state index contributed by atoms with van der Waals surface area (Å²) in [5.41, 5.74) is 0.575. The van der Waals surface area contributed by atoms with Crippen LogP contribution in [0.25, 0.3) is 0 Å². The zero-order valence-corrected chi connectivity index (χ0v) is 12.3. The first kappa shape index (κ1) is 16.2. The number of esters is 1. The molecule has 1 aliphatic heterocycles. The molecule has 0 saturated carbocycles. The summed E-state index contributed by atoms with van der Waals surface area (Å²) < 4.78 is 31.9. The first-order chi connectivity index (χ1) is 10.5. The fourth-order valence-electron chi connectivity index (χ4n) is 2.41. The van der Waals surface area contributed by atoms with E-state index in [2.05, 4.69) is 10.1 Å². The lowest BCUT2D eigenvalue weighted by atomic mass is 9.99. The zero-order chi connectivity index (χ0) is 16.1. The minimum atomic E-state index is -0.500. The molecule has 1 aromatic carbocycles. The van der Waals surface area contributed by atoms with Gasteiger partial charge in [0.15, 0.2) is 0 Å². The van der Waals surface area contributed by atoms with Crippen molar-refractivity contribution < 1.29 is 23.1 Å². The van der Waals surface area contributed by atoms with E-state index in [9.17, 15) is 18.4 Å². The maximum Gasteiger partial charge on any atom is 0.317 e. The normalized spacial score (nSPS) is 13.5. The second kappa shape index (κ2) is 7.20. The van der Waals surface area contributed by atoms with Crippen molar-refractivity contribution in [1.29, 1.82) is 0 Å². The first-order valence-electron chi connectivity index (χ1n) is 7.08. The quantitative estimate of drug-likeness (QED) is 0.683. The molecular weight excluding hydrogens is 294 g/mol. The lowest BCUT2D eigenvalue weighted by Crippen LogP contribution is -2.43. The molecule has 120 valence electrons. The van der Waals surface area contributed by atoms with Gasteiger partial charge in [-0.2, -0.15) is 0 Å². The van der Waals surface area contributed by atoms with Crippen LogP contribution in [-0.4, -0.2) is 37.1 Å². The monoisotopic (exact) mass is 312 g/mol. The highest BCUT2D eigenvalue weighted by atomic mass is 19.1. The van der Waals surface area contributed by atoms with Gasteiger partial charge in [-0.25, -0.2) is 13.6 Å². The third-order valence-electron chi connectivity index (χ3n) is 3.65. The van der Waals surface area contributed by atoms with E-state index in [0.717, 1.165) is 12.1 Å². The highest BCUT2D eigenvalue weighted by Gasteiger charge is 2.25. The van der Waals surface area contributed by atoms with Crippen molar-refractivity contribution in [2.45, 2.75) is 25.8 Å². The van der Waals surface area contributed by atoms with Crippen LogP contribution in [-0.2, 0) is 22.5 Å². The summed E-state index contributed by atoms with van der Waals surface area (Å²) in [6.45, 7) is 0.695. The SMILES string of the molecule is COC(=O)CCCNC(=O)N1CCc2c(F)ccc(F)c2C1. The Labute approximate surface area is 127 Å². The van der Waals surface area contributed by atoms with E-state index < -0.39 is 11.6 Å². The molecule has 1 N–H and O–H groups in total. The Morgan fingerprint density at radius 2 is 1.95 bits per heavy atom. The Bertz CT molecular complexity index is 578. The molecule has 7 heteroatoms. The summed E-state index contributed by atoms with van der Waals surface area (Å²) in [5, 5.41) is 2.66. The molecule has 1 aromatic rings. The molecule has 0 aromatic heterocycles. The number of amides is 2. The second-order valence-corrected chi connectivity index (χ2v) is 5.07. The van der Waals surface area contributed by atoms with Crippen molar-refractivity contribution >= 4 is 12.0 Å². The molecule has 0 atom stereocenters. The summed E-state index contributed by atoms with van der Waals surface area (Å²) in [7, 11) is 1.31. The molecule has 2 amide bonds. The summed E-state index contributed by atoms with van der Waals surface area (Å²) >= 11 is 0. The number of ether oxygens (including phenoxy) is 1. The molecule has 0 unspecified atom stereocenters. The van der Waals surface area contributed by atoms with Crippen LogP contribution >= 0.6 is 0 Å². The van der Waals surface area contributed by atoms with Gasteiger partial charge in [0.1, 0.15) is 11.6 Å². The topological polar surface area (TPSA) is 58.6 Å². The van der Waals surface area contributed by atoms with Gasteiger partial charge in [-0.3, -0.25) is 4.79 Å². The predicted octanol–water partition coefficient (Wildman–Crippen LogP) is 1.99. The number of carbonyl (C=O) groups excluding carboxylic acids is 2. The van der Waals surface area contributed by atoms with Crippen molar-refractivity contribution in [1.82, 2.24) is 10.2 Å². The number of urea groups is 1. The van der Waals surface area contributed by atoms with Crippen LogP contribution in [0.4, 0.5) is 13.6 Å². The van der Waals surface area contributed by atoms with Gasteiger partial charge in [-0.15, -0.1) is 0 Å². The van der Waals surface area contributed by atoms with E-state index in [1.165, 1.54) is 12.0 Å².